The van der Waals surface area contributed by atoms with Crippen LogP contribution in [0.3, 0.4) is 0 Å². The van der Waals surface area contributed by atoms with E-state index in [0.29, 0.717) is 37.9 Å². The largest absolute Gasteiger partial charge is 0.354 e. The van der Waals surface area contributed by atoms with Crippen LogP contribution in [-0.2, 0) is 16.6 Å². The molecule has 0 radical (unpaired) electrons. The van der Waals surface area contributed by atoms with Crippen molar-refractivity contribution in [1.29, 1.82) is 0 Å². The van der Waals surface area contributed by atoms with Crippen molar-refractivity contribution in [3.63, 3.8) is 0 Å². The van der Waals surface area contributed by atoms with Crippen molar-refractivity contribution in [3.8, 4) is 11.3 Å². The van der Waals surface area contributed by atoms with Gasteiger partial charge in [-0.2, -0.15) is 4.31 Å². The number of pyridine rings is 1. The molecule has 0 aliphatic carbocycles. The molecule has 1 N–H and O–H groups in total. The fourth-order valence-electron chi connectivity index (χ4n) is 3.61. The molecule has 6 nitrogen and oxygen atoms in total. The molecule has 0 atom stereocenters. The molecule has 1 aliphatic rings. The van der Waals surface area contributed by atoms with Gasteiger partial charge in [0.1, 0.15) is 5.15 Å². The maximum Gasteiger partial charge on any atom is 0.211 e. The Balaban J connectivity index is 1.69. The smallest absolute Gasteiger partial charge is 0.211 e. The van der Waals surface area contributed by atoms with Crippen LogP contribution in [0.4, 0.5) is 0 Å². The van der Waals surface area contributed by atoms with E-state index in [2.05, 4.69) is 27.0 Å². The quantitative estimate of drug-likeness (QED) is 0.679. The van der Waals surface area contributed by atoms with Gasteiger partial charge < -0.3 is 4.98 Å². The molecule has 0 amide bonds. The Hall–Kier alpha value is -1.93. The van der Waals surface area contributed by atoms with Gasteiger partial charge in [0, 0.05) is 49.9 Å². The number of halogens is 1. The summed E-state index contributed by atoms with van der Waals surface area (Å²) in [5.41, 5.74) is 4.18. The molecule has 1 aliphatic heterocycles. The molecule has 3 aromatic rings. The highest BCUT2D eigenvalue weighted by Crippen LogP contribution is 2.34. The summed E-state index contributed by atoms with van der Waals surface area (Å²) < 4.78 is 25.0. The first-order valence-corrected chi connectivity index (χ1v) is 11.0. The standard InChI is InChI=1S/C19H21ClN4O2S/c1-27(25,26)24-11-9-23(10-12-24)13-15-17-16(7-8-21-19(17)20)22-18(15)14-5-3-2-4-6-14/h2-8,22H,9-13H2,1H3. The van der Waals surface area contributed by atoms with Crippen LogP contribution in [-0.4, -0.2) is 60.0 Å². The zero-order valence-electron chi connectivity index (χ0n) is 15.0. The highest BCUT2D eigenvalue weighted by molar-refractivity contribution is 7.88. The summed E-state index contributed by atoms with van der Waals surface area (Å²) in [6.07, 6.45) is 2.96. The van der Waals surface area contributed by atoms with Crippen LogP contribution in [0.15, 0.2) is 42.6 Å². The number of piperazine rings is 1. The maximum absolute atomic E-state index is 11.7. The van der Waals surface area contributed by atoms with Gasteiger partial charge in [0.05, 0.1) is 17.5 Å². The highest BCUT2D eigenvalue weighted by Gasteiger charge is 2.25. The Morgan fingerprint density at radius 3 is 2.48 bits per heavy atom. The third kappa shape index (κ3) is 3.73. The minimum Gasteiger partial charge on any atom is -0.354 e. The minimum absolute atomic E-state index is 0.482. The molecule has 27 heavy (non-hydrogen) atoms. The predicted molar refractivity (Wildman–Crippen MR) is 108 cm³/mol. The summed E-state index contributed by atoms with van der Waals surface area (Å²) in [6, 6.07) is 12.1. The molecular weight excluding hydrogens is 384 g/mol. The van der Waals surface area contributed by atoms with E-state index in [-0.39, 0.29) is 0 Å². The lowest BCUT2D eigenvalue weighted by Crippen LogP contribution is -2.47. The number of H-pyrrole nitrogens is 1. The average molecular weight is 405 g/mol. The van der Waals surface area contributed by atoms with E-state index in [1.165, 1.54) is 10.6 Å². The van der Waals surface area contributed by atoms with Crippen LogP contribution >= 0.6 is 11.6 Å². The second kappa shape index (κ2) is 7.24. The van der Waals surface area contributed by atoms with Gasteiger partial charge in [0.2, 0.25) is 10.0 Å². The molecule has 2 aromatic heterocycles. The Kier molecular flexibility index (Phi) is 4.94. The van der Waals surface area contributed by atoms with Gasteiger partial charge >= 0.3 is 0 Å². The monoisotopic (exact) mass is 404 g/mol. The van der Waals surface area contributed by atoms with E-state index >= 15 is 0 Å². The van der Waals surface area contributed by atoms with Gasteiger partial charge in [-0.3, -0.25) is 4.90 Å². The molecule has 1 saturated heterocycles. The number of aromatic amines is 1. The van der Waals surface area contributed by atoms with Gasteiger partial charge in [0.15, 0.2) is 0 Å². The summed E-state index contributed by atoms with van der Waals surface area (Å²) in [6.45, 7) is 3.08. The van der Waals surface area contributed by atoms with Gasteiger partial charge in [-0.15, -0.1) is 0 Å². The van der Waals surface area contributed by atoms with Crippen LogP contribution in [0, 0.1) is 0 Å². The average Bonchev–Trinajstić information content (AvgIpc) is 3.02. The van der Waals surface area contributed by atoms with Crippen molar-refractivity contribution in [2.45, 2.75) is 6.54 Å². The van der Waals surface area contributed by atoms with Crippen LogP contribution < -0.4 is 0 Å². The predicted octanol–water partition coefficient (Wildman–Crippen LogP) is 2.96. The van der Waals surface area contributed by atoms with Gasteiger partial charge in [-0.1, -0.05) is 41.9 Å². The molecule has 1 aromatic carbocycles. The second-order valence-corrected chi connectivity index (χ2v) is 9.15. The minimum atomic E-state index is -3.13. The lowest BCUT2D eigenvalue weighted by atomic mass is 10.1. The molecule has 0 bridgehead atoms. The third-order valence-corrected chi connectivity index (χ3v) is 6.60. The number of rotatable bonds is 4. The third-order valence-electron chi connectivity index (χ3n) is 5.01. The SMILES string of the molecule is CS(=O)(=O)N1CCN(Cc2c(-c3ccccc3)[nH]c3ccnc(Cl)c23)CC1. The number of fused-ring (bicyclic) bond motifs is 1. The molecule has 0 unspecified atom stereocenters. The first-order chi connectivity index (χ1) is 12.9. The first-order valence-electron chi connectivity index (χ1n) is 8.81. The van der Waals surface area contributed by atoms with Crippen molar-refractivity contribution in [2.24, 2.45) is 0 Å². The molecule has 3 heterocycles. The number of benzene rings is 1. The van der Waals surface area contributed by atoms with Gasteiger partial charge in [-0.25, -0.2) is 13.4 Å². The molecule has 0 spiro atoms. The Labute approximate surface area is 163 Å². The van der Waals surface area contributed by atoms with E-state index in [1.807, 2.05) is 24.3 Å². The molecule has 4 rings (SSSR count). The number of nitrogens with one attached hydrogen (secondary N) is 1. The molecule has 0 saturated carbocycles. The summed E-state index contributed by atoms with van der Waals surface area (Å²) in [5, 5.41) is 1.42. The van der Waals surface area contributed by atoms with E-state index in [9.17, 15) is 8.42 Å². The second-order valence-electron chi connectivity index (χ2n) is 6.81. The van der Waals surface area contributed by atoms with Crippen LogP contribution in [0.1, 0.15) is 5.56 Å². The Bertz CT molecular complexity index is 1060. The number of hydrogen-bond donors (Lipinski definition) is 1. The van der Waals surface area contributed by atoms with E-state index in [4.69, 9.17) is 11.6 Å². The number of nitrogens with zero attached hydrogens (tertiary/aromatic N) is 3. The van der Waals surface area contributed by atoms with E-state index < -0.39 is 10.0 Å². The summed E-state index contributed by atoms with van der Waals surface area (Å²) in [7, 11) is -3.13. The van der Waals surface area contributed by atoms with Crippen molar-refractivity contribution in [2.75, 3.05) is 32.4 Å². The van der Waals surface area contributed by atoms with Crippen molar-refractivity contribution in [3.05, 3.63) is 53.3 Å². The van der Waals surface area contributed by atoms with E-state index in [0.717, 1.165) is 27.7 Å². The van der Waals surface area contributed by atoms with Crippen LogP contribution in [0.25, 0.3) is 22.2 Å². The van der Waals surface area contributed by atoms with Gasteiger partial charge in [-0.05, 0) is 11.6 Å². The number of hydrogen-bond acceptors (Lipinski definition) is 4. The summed E-state index contributed by atoms with van der Waals surface area (Å²) >= 11 is 6.43. The lowest BCUT2D eigenvalue weighted by Gasteiger charge is -2.33. The fraction of sp³-hybridized carbons (Fsp3) is 0.316. The maximum atomic E-state index is 11.7. The van der Waals surface area contributed by atoms with Crippen molar-refractivity contribution >= 4 is 32.5 Å². The molecule has 142 valence electrons. The van der Waals surface area contributed by atoms with Crippen LogP contribution in [0.5, 0.6) is 0 Å². The normalized spacial score (nSPS) is 16.8. The van der Waals surface area contributed by atoms with Gasteiger partial charge in [0.25, 0.3) is 0 Å². The summed E-state index contributed by atoms with van der Waals surface area (Å²) in [5.74, 6) is 0. The first kappa shape index (κ1) is 18.4. The zero-order valence-corrected chi connectivity index (χ0v) is 16.6. The topological polar surface area (TPSA) is 69.3 Å². The fourth-order valence-corrected chi connectivity index (χ4v) is 4.71. The molecule has 1 fully saturated rings. The lowest BCUT2D eigenvalue weighted by molar-refractivity contribution is 0.183. The van der Waals surface area contributed by atoms with Crippen LogP contribution in [0.2, 0.25) is 5.15 Å². The van der Waals surface area contributed by atoms with E-state index in [1.54, 1.807) is 6.20 Å². The Morgan fingerprint density at radius 2 is 1.81 bits per heavy atom. The molecular formula is C19H21ClN4O2S. The Morgan fingerprint density at radius 1 is 1.11 bits per heavy atom. The van der Waals surface area contributed by atoms with Crippen molar-refractivity contribution < 1.29 is 8.42 Å². The highest BCUT2D eigenvalue weighted by atomic mass is 35.5. The zero-order chi connectivity index (χ0) is 19.0. The summed E-state index contributed by atoms with van der Waals surface area (Å²) in [4.78, 5) is 10.0. The molecule has 8 heteroatoms. The number of sulfonamides is 1. The number of aromatic nitrogens is 2. The van der Waals surface area contributed by atoms with Crippen molar-refractivity contribution in [1.82, 2.24) is 19.2 Å².